The van der Waals surface area contributed by atoms with Crippen molar-refractivity contribution in [3.8, 4) is 0 Å². The zero-order valence-electron chi connectivity index (χ0n) is 18.7. The zero-order valence-corrected chi connectivity index (χ0v) is 19.5. The van der Waals surface area contributed by atoms with Crippen LogP contribution in [0.25, 0.3) is 0 Å². The number of aryl methyl sites for hydroxylation is 3. The number of nitrogens with one attached hydrogen (secondary N) is 1. The molecule has 0 spiro atoms. The molecule has 6 nitrogen and oxygen atoms in total. The van der Waals surface area contributed by atoms with Gasteiger partial charge < -0.3 is 15.1 Å². The van der Waals surface area contributed by atoms with Crippen molar-refractivity contribution in [3.05, 3.63) is 81.8 Å². The first-order valence-corrected chi connectivity index (χ1v) is 11.2. The Kier molecular flexibility index (Phi) is 6.61. The first kappa shape index (κ1) is 22.1. The molecule has 1 fully saturated rings. The van der Waals surface area contributed by atoms with E-state index in [1.54, 1.807) is 0 Å². The van der Waals surface area contributed by atoms with Crippen molar-refractivity contribution in [1.82, 2.24) is 14.9 Å². The van der Waals surface area contributed by atoms with E-state index in [2.05, 4.69) is 15.2 Å². The van der Waals surface area contributed by atoms with Crippen LogP contribution < -0.4 is 10.2 Å². The zero-order chi connectivity index (χ0) is 22.7. The van der Waals surface area contributed by atoms with Crippen LogP contribution in [0.4, 0.5) is 16.3 Å². The number of hydrogen-bond donors (Lipinski definition) is 1. The average molecular weight is 450 g/mol. The minimum absolute atomic E-state index is 0.0649. The lowest BCUT2D eigenvalue weighted by Gasteiger charge is -2.36. The number of rotatable bonds is 4. The Hall–Kier alpha value is -3.12. The summed E-state index contributed by atoms with van der Waals surface area (Å²) in [5, 5.41) is 3.72. The molecule has 3 aromatic rings. The van der Waals surface area contributed by atoms with Crippen molar-refractivity contribution in [2.75, 3.05) is 36.4 Å². The van der Waals surface area contributed by atoms with Crippen LogP contribution in [-0.2, 0) is 6.42 Å². The number of nitrogens with zero attached hydrogens (tertiary/aromatic N) is 4. The molecule has 0 atom stereocenters. The van der Waals surface area contributed by atoms with Crippen molar-refractivity contribution in [1.29, 1.82) is 0 Å². The lowest BCUT2D eigenvalue weighted by molar-refractivity contribution is 0.208. The second-order valence-electron chi connectivity index (χ2n) is 8.23. The predicted molar refractivity (Wildman–Crippen MR) is 130 cm³/mol. The number of anilines is 2. The summed E-state index contributed by atoms with van der Waals surface area (Å²) in [7, 11) is 0. The topological polar surface area (TPSA) is 61.4 Å². The van der Waals surface area contributed by atoms with E-state index in [9.17, 15) is 4.79 Å². The molecule has 32 heavy (non-hydrogen) atoms. The highest BCUT2D eigenvalue weighted by atomic mass is 35.5. The second kappa shape index (κ2) is 9.57. The summed E-state index contributed by atoms with van der Waals surface area (Å²) < 4.78 is 0. The third-order valence-corrected chi connectivity index (χ3v) is 6.02. The molecule has 2 amide bonds. The minimum Gasteiger partial charge on any atom is -0.353 e. The lowest BCUT2D eigenvalue weighted by Crippen LogP contribution is -2.50. The predicted octanol–water partition coefficient (Wildman–Crippen LogP) is 5.00. The fraction of sp³-hybridized carbons (Fsp3) is 0.320. The van der Waals surface area contributed by atoms with Crippen molar-refractivity contribution < 1.29 is 4.79 Å². The number of benzene rings is 2. The number of amides is 2. The molecule has 0 saturated carbocycles. The SMILES string of the molecule is Cc1ccc(NC(=O)N2CCN(c3nc(C)nc(C)c3Cc3ccc(Cl)cc3)CC2)cc1. The number of urea groups is 1. The molecule has 2 aromatic carbocycles. The molecule has 4 rings (SSSR count). The average Bonchev–Trinajstić information content (AvgIpc) is 2.78. The number of carbonyl (C=O) groups is 1. The molecule has 1 aliphatic rings. The quantitative estimate of drug-likeness (QED) is 0.608. The Morgan fingerprint density at radius 3 is 2.25 bits per heavy atom. The normalized spacial score (nSPS) is 13.9. The smallest absolute Gasteiger partial charge is 0.321 e. The summed E-state index contributed by atoms with van der Waals surface area (Å²) in [6.07, 6.45) is 0.743. The summed E-state index contributed by atoms with van der Waals surface area (Å²) in [6.45, 7) is 8.72. The number of halogens is 1. The third-order valence-electron chi connectivity index (χ3n) is 5.77. The van der Waals surface area contributed by atoms with E-state index in [0.29, 0.717) is 13.1 Å². The van der Waals surface area contributed by atoms with E-state index in [1.807, 2.05) is 74.2 Å². The van der Waals surface area contributed by atoms with Crippen molar-refractivity contribution in [3.63, 3.8) is 0 Å². The lowest BCUT2D eigenvalue weighted by atomic mass is 10.0. The molecule has 0 radical (unpaired) electrons. The van der Waals surface area contributed by atoms with Gasteiger partial charge in [-0.25, -0.2) is 14.8 Å². The van der Waals surface area contributed by atoms with Crippen LogP contribution in [0, 0.1) is 20.8 Å². The first-order chi connectivity index (χ1) is 15.4. The van der Waals surface area contributed by atoms with Gasteiger partial charge in [-0.3, -0.25) is 0 Å². The molecule has 2 heterocycles. The van der Waals surface area contributed by atoms with Gasteiger partial charge in [-0.2, -0.15) is 0 Å². The number of hydrogen-bond acceptors (Lipinski definition) is 4. The molecule has 1 saturated heterocycles. The van der Waals surface area contributed by atoms with E-state index >= 15 is 0 Å². The molecule has 0 unspecified atom stereocenters. The largest absolute Gasteiger partial charge is 0.353 e. The Bertz CT molecular complexity index is 1090. The molecular weight excluding hydrogens is 422 g/mol. The van der Waals surface area contributed by atoms with Gasteiger partial charge in [-0.15, -0.1) is 0 Å². The molecule has 1 aromatic heterocycles. The second-order valence-corrected chi connectivity index (χ2v) is 8.67. The van der Waals surface area contributed by atoms with Gasteiger partial charge >= 0.3 is 6.03 Å². The van der Waals surface area contributed by atoms with Gasteiger partial charge in [0.15, 0.2) is 0 Å². The Morgan fingerprint density at radius 1 is 0.938 bits per heavy atom. The molecule has 7 heteroatoms. The van der Waals surface area contributed by atoms with E-state index < -0.39 is 0 Å². The highest BCUT2D eigenvalue weighted by Crippen LogP contribution is 2.26. The fourth-order valence-corrected chi connectivity index (χ4v) is 4.08. The molecule has 0 aliphatic carbocycles. The van der Waals surface area contributed by atoms with Crippen LogP contribution >= 0.6 is 11.6 Å². The van der Waals surface area contributed by atoms with Crippen molar-refractivity contribution >= 4 is 29.1 Å². The number of piperazine rings is 1. The molecule has 0 bridgehead atoms. The Balaban J connectivity index is 1.46. The molecule has 1 aliphatic heterocycles. The van der Waals surface area contributed by atoms with Crippen LogP contribution in [0.2, 0.25) is 5.02 Å². The summed E-state index contributed by atoms with van der Waals surface area (Å²) in [5.41, 5.74) is 5.26. The van der Waals surface area contributed by atoms with Gasteiger partial charge in [0, 0.05) is 54.6 Å². The van der Waals surface area contributed by atoms with E-state index in [0.717, 1.165) is 53.1 Å². The standard InChI is InChI=1S/C25H28ClN5O/c1-17-4-10-22(11-5-17)29-25(32)31-14-12-30(13-15-31)24-23(18(2)27-19(3)28-24)16-20-6-8-21(26)9-7-20/h4-11H,12-16H2,1-3H3,(H,29,32). The maximum atomic E-state index is 12.7. The van der Waals surface area contributed by atoms with Crippen molar-refractivity contribution in [2.24, 2.45) is 0 Å². The summed E-state index contributed by atoms with van der Waals surface area (Å²) >= 11 is 6.05. The van der Waals surface area contributed by atoms with Gasteiger partial charge in [-0.1, -0.05) is 41.4 Å². The van der Waals surface area contributed by atoms with Crippen LogP contribution in [0.1, 0.15) is 28.2 Å². The van der Waals surface area contributed by atoms with Crippen LogP contribution in [0.15, 0.2) is 48.5 Å². The number of carbonyl (C=O) groups excluding carboxylic acids is 1. The van der Waals surface area contributed by atoms with E-state index in [-0.39, 0.29) is 6.03 Å². The maximum Gasteiger partial charge on any atom is 0.321 e. The van der Waals surface area contributed by atoms with Gasteiger partial charge in [-0.05, 0) is 50.6 Å². The first-order valence-electron chi connectivity index (χ1n) is 10.8. The maximum absolute atomic E-state index is 12.7. The third kappa shape index (κ3) is 5.19. The van der Waals surface area contributed by atoms with Crippen molar-refractivity contribution in [2.45, 2.75) is 27.2 Å². The van der Waals surface area contributed by atoms with Gasteiger partial charge in [0.1, 0.15) is 11.6 Å². The van der Waals surface area contributed by atoms with Crippen LogP contribution in [0.5, 0.6) is 0 Å². The summed E-state index contributed by atoms with van der Waals surface area (Å²) in [5.74, 6) is 1.72. The highest BCUT2D eigenvalue weighted by Gasteiger charge is 2.25. The van der Waals surface area contributed by atoms with E-state index in [1.165, 1.54) is 11.1 Å². The summed E-state index contributed by atoms with van der Waals surface area (Å²) in [6, 6.07) is 15.7. The van der Waals surface area contributed by atoms with Gasteiger partial charge in [0.05, 0.1) is 0 Å². The Morgan fingerprint density at radius 2 is 1.59 bits per heavy atom. The highest BCUT2D eigenvalue weighted by molar-refractivity contribution is 6.30. The summed E-state index contributed by atoms with van der Waals surface area (Å²) in [4.78, 5) is 26.2. The molecule has 166 valence electrons. The minimum atomic E-state index is -0.0649. The fourth-order valence-electron chi connectivity index (χ4n) is 3.95. The van der Waals surface area contributed by atoms with Crippen LogP contribution in [0.3, 0.4) is 0 Å². The monoisotopic (exact) mass is 449 g/mol. The number of aromatic nitrogens is 2. The van der Waals surface area contributed by atoms with E-state index in [4.69, 9.17) is 16.6 Å². The van der Waals surface area contributed by atoms with Gasteiger partial charge in [0.2, 0.25) is 0 Å². The molecule has 1 N–H and O–H groups in total. The Labute approximate surface area is 194 Å². The van der Waals surface area contributed by atoms with Gasteiger partial charge in [0.25, 0.3) is 0 Å². The van der Waals surface area contributed by atoms with Crippen LogP contribution in [-0.4, -0.2) is 47.1 Å². The molecular formula is C25H28ClN5O.